The molecule has 1 amide bonds. The molecule has 0 bridgehead atoms. The number of benzene rings is 1. The number of rotatable bonds is 8. The Bertz CT molecular complexity index is 1060. The number of carbonyl (C=O) groups excluding carboxylic acids is 1. The SMILES string of the molecule is NCC(CCl)COc1ccncc1NC(=O)c1ccc(F)c(-c2c(F)cccc2F)n1. The Kier molecular flexibility index (Phi) is 7.43. The zero-order chi connectivity index (χ0) is 22.4. The number of aromatic nitrogens is 2. The van der Waals surface area contributed by atoms with Gasteiger partial charge >= 0.3 is 0 Å². The predicted molar refractivity (Wildman–Crippen MR) is 110 cm³/mol. The zero-order valence-electron chi connectivity index (χ0n) is 16.1. The number of carbonyl (C=O) groups is 1. The van der Waals surface area contributed by atoms with Gasteiger partial charge in [0.25, 0.3) is 5.91 Å². The van der Waals surface area contributed by atoms with Crippen LogP contribution >= 0.6 is 11.6 Å². The molecule has 3 rings (SSSR count). The molecular weight excluding hydrogens is 433 g/mol. The third-order valence-corrected chi connectivity index (χ3v) is 4.77. The van der Waals surface area contributed by atoms with Gasteiger partial charge in [0.1, 0.15) is 40.3 Å². The lowest BCUT2D eigenvalue weighted by Crippen LogP contribution is -2.23. The second kappa shape index (κ2) is 10.2. The number of pyridine rings is 2. The van der Waals surface area contributed by atoms with Crippen LogP contribution in [-0.2, 0) is 0 Å². The molecular formula is C21H18ClF3N4O2. The Morgan fingerprint density at radius 3 is 2.55 bits per heavy atom. The van der Waals surface area contributed by atoms with E-state index in [1.165, 1.54) is 18.5 Å². The molecule has 1 aromatic carbocycles. The Morgan fingerprint density at radius 1 is 1.13 bits per heavy atom. The number of amides is 1. The van der Waals surface area contributed by atoms with Gasteiger partial charge < -0.3 is 15.8 Å². The second-order valence-electron chi connectivity index (χ2n) is 6.52. The van der Waals surface area contributed by atoms with Crippen LogP contribution in [0.4, 0.5) is 18.9 Å². The Hall–Kier alpha value is -3.17. The van der Waals surface area contributed by atoms with Crippen LogP contribution in [0, 0.1) is 23.4 Å². The summed E-state index contributed by atoms with van der Waals surface area (Å²) in [7, 11) is 0. The van der Waals surface area contributed by atoms with Crippen molar-refractivity contribution in [2.24, 2.45) is 11.7 Å². The summed E-state index contributed by atoms with van der Waals surface area (Å²) in [4.78, 5) is 20.4. The van der Waals surface area contributed by atoms with Gasteiger partial charge in [0, 0.05) is 24.1 Å². The van der Waals surface area contributed by atoms with Gasteiger partial charge in [-0.2, -0.15) is 0 Å². The summed E-state index contributed by atoms with van der Waals surface area (Å²) < 4.78 is 48.0. The lowest BCUT2D eigenvalue weighted by molar-refractivity contribution is 0.102. The van der Waals surface area contributed by atoms with Gasteiger partial charge in [-0.15, -0.1) is 11.6 Å². The van der Waals surface area contributed by atoms with E-state index in [9.17, 15) is 18.0 Å². The van der Waals surface area contributed by atoms with Crippen molar-refractivity contribution in [3.8, 4) is 17.0 Å². The van der Waals surface area contributed by atoms with Gasteiger partial charge in [-0.05, 0) is 30.8 Å². The van der Waals surface area contributed by atoms with E-state index in [4.69, 9.17) is 22.1 Å². The highest BCUT2D eigenvalue weighted by molar-refractivity contribution is 6.18. The predicted octanol–water partition coefficient (Wildman–Crippen LogP) is 4.01. The lowest BCUT2D eigenvalue weighted by Gasteiger charge is -2.15. The molecule has 2 aromatic heterocycles. The maximum absolute atomic E-state index is 14.2. The quantitative estimate of drug-likeness (QED) is 0.506. The molecule has 0 radical (unpaired) electrons. The molecule has 10 heteroatoms. The number of alkyl halides is 1. The maximum atomic E-state index is 14.2. The van der Waals surface area contributed by atoms with Crippen molar-refractivity contribution in [1.82, 2.24) is 9.97 Å². The molecule has 162 valence electrons. The van der Waals surface area contributed by atoms with Crippen molar-refractivity contribution in [2.45, 2.75) is 0 Å². The average Bonchev–Trinajstić information content (AvgIpc) is 2.76. The molecule has 6 nitrogen and oxygen atoms in total. The summed E-state index contributed by atoms with van der Waals surface area (Å²) in [5, 5.41) is 2.55. The van der Waals surface area contributed by atoms with Crippen molar-refractivity contribution in [1.29, 1.82) is 0 Å². The van der Waals surface area contributed by atoms with E-state index in [1.807, 2.05) is 0 Å². The normalized spacial score (nSPS) is 11.8. The van der Waals surface area contributed by atoms with Crippen molar-refractivity contribution >= 4 is 23.2 Å². The number of halogens is 4. The Balaban J connectivity index is 1.86. The molecule has 3 aromatic rings. The highest BCUT2D eigenvalue weighted by Gasteiger charge is 2.20. The van der Waals surface area contributed by atoms with E-state index in [0.717, 1.165) is 30.3 Å². The minimum Gasteiger partial charge on any atom is -0.491 e. The molecule has 0 fully saturated rings. The molecule has 0 aliphatic heterocycles. The van der Waals surface area contributed by atoms with Crippen LogP contribution < -0.4 is 15.8 Å². The van der Waals surface area contributed by atoms with Gasteiger partial charge in [-0.3, -0.25) is 9.78 Å². The molecule has 31 heavy (non-hydrogen) atoms. The van der Waals surface area contributed by atoms with Crippen molar-refractivity contribution in [3.63, 3.8) is 0 Å². The summed E-state index contributed by atoms with van der Waals surface area (Å²) in [6.07, 6.45) is 2.82. The first-order valence-corrected chi connectivity index (χ1v) is 9.73. The van der Waals surface area contributed by atoms with E-state index in [-0.39, 0.29) is 23.9 Å². The van der Waals surface area contributed by atoms with E-state index >= 15 is 0 Å². The second-order valence-corrected chi connectivity index (χ2v) is 6.83. The van der Waals surface area contributed by atoms with Gasteiger partial charge in [-0.1, -0.05) is 6.07 Å². The van der Waals surface area contributed by atoms with Crippen molar-refractivity contribution in [3.05, 3.63) is 71.9 Å². The van der Waals surface area contributed by atoms with Crippen LogP contribution in [0.1, 0.15) is 10.5 Å². The molecule has 1 unspecified atom stereocenters. The minimum atomic E-state index is -0.999. The van der Waals surface area contributed by atoms with Crippen molar-refractivity contribution in [2.75, 3.05) is 24.3 Å². The molecule has 0 saturated heterocycles. The standard InChI is InChI=1S/C21H18ClF3N4O2/c22-8-12(9-26)11-31-18-6-7-27-10-17(18)29-21(30)16-5-4-15(25)20(28-16)19-13(23)2-1-3-14(19)24/h1-7,10,12H,8-9,11,26H2,(H,29,30). The average molecular weight is 451 g/mol. The van der Waals surface area contributed by atoms with E-state index in [0.29, 0.717) is 18.2 Å². The van der Waals surface area contributed by atoms with Gasteiger partial charge in [0.05, 0.1) is 18.4 Å². The van der Waals surface area contributed by atoms with Crippen LogP contribution in [0.15, 0.2) is 48.8 Å². The highest BCUT2D eigenvalue weighted by Crippen LogP contribution is 2.28. The molecule has 0 spiro atoms. The number of nitrogens with one attached hydrogen (secondary N) is 1. The first kappa shape index (κ1) is 22.5. The Labute approximate surface area is 181 Å². The summed E-state index contributed by atoms with van der Waals surface area (Å²) in [5.41, 5.74) is 4.30. The summed E-state index contributed by atoms with van der Waals surface area (Å²) >= 11 is 5.80. The van der Waals surface area contributed by atoms with Crippen LogP contribution in [0.5, 0.6) is 5.75 Å². The highest BCUT2D eigenvalue weighted by atomic mass is 35.5. The zero-order valence-corrected chi connectivity index (χ0v) is 16.9. The van der Waals surface area contributed by atoms with E-state index < -0.39 is 34.6 Å². The van der Waals surface area contributed by atoms with Gasteiger partial charge in [0.2, 0.25) is 0 Å². The summed E-state index contributed by atoms with van der Waals surface area (Å²) in [5.74, 6) is -3.19. The fraction of sp³-hybridized carbons (Fsp3) is 0.190. The molecule has 1 atom stereocenters. The van der Waals surface area contributed by atoms with Crippen LogP contribution in [0.25, 0.3) is 11.3 Å². The van der Waals surface area contributed by atoms with E-state index in [1.54, 1.807) is 0 Å². The molecule has 3 N–H and O–H groups in total. The lowest BCUT2D eigenvalue weighted by atomic mass is 10.1. The Morgan fingerprint density at radius 2 is 1.87 bits per heavy atom. The fourth-order valence-electron chi connectivity index (χ4n) is 2.64. The third kappa shape index (κ3) is 5.31. The number of ether oxygens (including phenoxy) is 1. The number of anilines is 1. The first-order valence-electron chi connectivity index (χ1n) is 9.19. The minimum absolute atomic E-state index is 0.0876. The third-order valence-electron chi connectivity index (χ3n) is 4.33. The number of nitrogens with zero attached hydrogens (tertiary/aromatic N) is 2. The molecule has 2 heterocycles. The summed E-state index contributed by atoms with van der Waals surface area (Å²) in [6, 6.07) is 6.64. The summed E-state index contributed by atoms with van der Waals surface area (Å²) in [6.45, 7) is 0.545. The smallest absolute Gasteiger partial charge is 0.274 e. The molecule has 0 saturated carbocycles. The number of hydrogen-bond acceptors (Lipinski definition) is 5. The number of hydrogen-bond donors (Lipinski definition) is 2. The maximum Gasteiger partial charge on any atom is 0.274 e. The monoisotopic (exact) mass is 450 g/mol. The topological polar surface area (TPSA) is 90.1 Å². The van der Waals surface area contributed by atoms with Crippen LogP contribution in [0.2, 0.25) is 0 Å². The van der Waals surface area contributed by atoms with Gasteiger partial charge in [0.15, 0.2) is 0 Å². The van der Waals surface area contributed by atoms with E-state index in [2.05, 4.69) is 15.3 Å². The van der Waals surface area contributed by atoms with Crippen molar-refractivity contribution < 1.29 is 22.7 Å². The van der Waals surface area contributed by atoms with Crippen LogP contribution in [-0.4, -0.2) is 34.9 Å². The molecule has 0 aliphatic carbocycles. The first-order chi connectivity index (χ1) is 14.9. The van der Waals surface area contributed by atoms with Crippen LogP contribution in [0.3, 0.4) is 0 Å². The van der Waals surface area contributed by atoms with Gasteiger partial charge in [-0.25, -0.2) is 18.2 Å². The molecule has 0 aliphatic rings. The largest absolute Gasteiger partial charge is 0.491 e. The fourth-order valence-corrected chi connectivity index (χ4v) is 2.85. The number of nitrogens with two attached hydrogens (primary N) is 1.